The minimum absolute atomic E-state index is 0.230. The molecule has 2 atom stereocenters. The van der Waals surface area contributed by atoms with E-state index >= 15 is 0 Å². The number of para-hydroxylation sites is 2. The Morgan fingerprint density at radius 2 is 0.456 bits per heavy atom. The quantitative estimate of drug-likeness (QED) is 0.0883. The first-order valence-electron chi connectivity index (χ1n) is 33.8. The topological polar surface area (TPSA) is 176 Å². The molecule has 11 aromatic carbocycles. The van der Waals surface area contributed by atoms with Gasteiger partial charge in [0.15, 0.2) is 0 Å². The van der Waals surface area contributed by atoms with Gasteiger partial charge in [-0.1, -0.05) is 152 Å². The van der Waals surface area contributed by atoms with E-state index in [1.54, 1.807) is 60.7 Å². The number of esters is 6. The van der Waals surface area contributed by atoms with E-state index in [9.17, 15) is 28.8 Å². The molecule has 2 aliphatic heterocycles. The number of fused-ring (bicyclic) bond motifs is 4. The molecule has 0 spiro atoms. The van der Waals surface area contributed by atoms with Crippen LogP contribution in [0.5, 0.6) is 57.5 Å². The second-order valence-corrected chi connectivity index (χ2v) is 25.4. The van der Waals surface area contributed by atoms with Crippen molar-refractivity contribution in [1.82, 2.24) is 0 Å². The Labute approximate surface area is 601 Å². The molecule has 0 amide bonds. The van der Waals surface area contributed by atoms with Crippen molar-refractivity contribution in [2.75, 3.05) is 0 Å². The van der Waals surface area contributed by atoms with Crippen molar-refractivity contribution < 1.29 is 66.7 Å². The highest BCUT2D eigenvalue weighted by molar-refractivity contribution is 5.93. The summed E-state index contributed by atoms with van der Waals surface area (Å²) in [7, 11) is 0. The molecule has 2 heterocycles. The fourth-order valence-corrected chi connectivity index (χ4v) is 13.1. The molecule has 0 aliphatic carbocycles. The lowest BCUT2D eigenvalue weighted by atomic mass is 9.76. The number of rotatable bonds is 11. The van der Waals surface area contributed by atoms with E-state index in [4.69, 9.17) is 37.9 Å². The highest BCUT2D eigenvalue weighted by Crippen LogP contribution is 2.59. The number of carbonyl (C=O) groups is 6. The van der Waals surface area contributed by atoms with Gasteiger partial charge < -0.3 is 37.9 Å². The zero-order valence-electron chi connectivity index (χ0n) is 60.6. The van der Waals surface area contributed by atoms with Crippen LogP contribution < -0.4 is 37.9 Å². The van der Waals surface area contributed by atoms with E-state index in [0.29, 0.717) is 51.2 Å². The van der Waals surface area contributed by atoms with E-state index in [1.165, 1.54) is 20.8 Å². The van der Waals surface area contributed by atoms with Gasteiger partial charge in [0.05, 0.1) is 16.7 Å². The summed E-state index contributed by atoms with van der Waals surface area (Å²) in [6.45, 7) is 27.9. The maximum Gasteiger partial charge on any atom is 0.343 e. The molecule has 13 rings (SSSR count). The molecular weight excluding hydrogens is 1290 g/mol. The molecule has 103 heavy (non-hydrogen) atoms. The monoisotopic (exact) mass is 1370 g/mol. The Balaban J connectivity index is 0.000000166. The molecular formula is C89H82O14. The first-order valence-corrected chi connectivity index (χ1v) is 33.8. The Bertz CT molecular complexity index is 4750. The third-order valence-electron chi connectivity index (χ3n) is 18.6. The average Bonchev–Trinajstić information content (AvgIpc) is 0.722. The Morgan fingerprint density at radius 1 is 0.243 bits per heavy atom. The second-order valence-electron chi connectivity index (χ2n) is 25.4. The van der Waals surface area contributed by atoms with Crippen LogP contribution in [0.2, 0.25) is 0 Å². The summed E-state index contributed by atoms with van der Waals surface area (Å²) in [5.74, 6) is 3.81. The van der Waals surface area contributed by atoms with Crippen molar-refractivity contribution in [2.24, 2.45) is 0 Å². The van der Waals surface area contributed by atoms with Crippen LogP contribution in [-0.4, -0.2) is 35.8 Å². The van der Waals surface area contributed by atoms with Crippen molar-refractivity contribution in [3.63, 3.8) is 0 Å². The standard InChI is InChI=1S/2C34H32O5.C13H10O2.C8H8O2/c2*1-18-20(3)32-27(22(5)30(18)37-24(7)35)29(25-14-10-8-11-15-25)28-23(6)31(19(2)21(4)33(28)38-32)39-34(36)26-16-12-9-13-17-26;14-13(11-7-3-1-4-8-11)15-12-9-5-2-6-10-12;1-7(9)10-8-5-3-2-4-6-8/h2*8-17,29H,1-7H3;1-10H;2-6H,1H3. The SMILES string of the molecule is CC(=O)Oc1c(C)c(C)c2c(c1C)C(c1ccccc1)c1c(C)c(OC(=O)c3ccccc3)c(C)c(C)c1O2.CC(=O)Oc1c(C)c(C)c2c(c1C)C(c1ccccc1)c1c(C)c(OC(=O)c3ccccc3)c(C)c(C)c1O2.CC(=O)Oc1ccccc1.O=C(Oc1ccccc1)c1ccccc1. The molecule has 14 nitrogen and oxygen atoms in total. The zero-order valence-corrected chi connectivity index (χ0v) is 60.6. The highest BCUT2D eigenvalue weighted by Gasteiger charge is 2.40. The summed E-state index contributed by atoms with van der Waals surface area (Å²) in [5, 5.41) is 0. The molecule has 11 aromatic rings. The summed E-state index contributed by atoms with van der Waals surface area (Å²) in [6, 6.07) is 65.3. The summed E-state index contributed by atoms with van der Waals surface area (Å²) >= 11 is 0. The maximum atomic E-state index is 13.1. The van der Waals surface area contributed by atoms with Gasteiger partial charge in [0.25, 0.3) is 0 Å². The van der Waals surface area contributed by atoms with Crippen molar-refractivity contribution in [2.45, 2.75) is 116 Å². The number of hydrogen-bond acceptors (Lipinski definition) is 14. The molecule has 0 fully saturated rings. The minimum Gasteiger partial charge on any atom is -0.456 e. The van der Waals surface area contributed by atoms with Crippen LogP contribution in [0, 0.1) is 83.1 Å². The molecule has 2 aliphatic rings. The summed E-state index contributed by atoms with van der Waals surface area (Å²) in [6.07, 6.45) is 0. The lowest BCUT2D eigenvalue weighted by molar-refractivity contribution is -0.132. The molecule has 0 saturated heterocycles. The van der Waals surface area contributed by atoms with Gasteiger partial charge in [-0.25, -0.2) is 14.4 Å². The average molecular weight is 1380 g/mol. The van der Waals surface area contributed by atoms with Gasteiger partial charge in [-0.2, -0.15) is 0 Å². The van der Waals surface area contributed by atoms with E-state index in [0.717, 1.165) is 123 Å². The Morgan fingerprint density at radius 3 is 0.709 bits per heavy atom. The van der Waals surface area contributed by atoms with Crippen LogP contribution in [0.1, 0.15) is 164 Å². The maximum absolute atomic E-state index is 13.1. The third kappa shape index (κ3) is 16.0. The molecule has 0 radical (unpaired) electrons. The molecule has 0 bridgehead atoms. The van der Waals surface area contributed by atoms with E-state index in [-0.39, 0.29) is 35.7 Å². The number of hydrogen-bond donors (Lipinski definition) is 0. The van der Waals surface area contributed by atoms with Gasteiger partial charge in [0.1, 0.15) is 57.5 Å². The van der Waals surface area contributed by atoms with E-state index in [1.807, 2.05) is 210 Å². The Hall–Kier alpha value is -12.2. The van der Waals surface area contributed by atoms with Crippen LogP contribution in [0.4, 0.5) is 0 Å². The fourth-order valence-electron chi connectivity index (χ4n) is 13.1. The van der Waals surface area contributed by atoms with Crippen molar-refractivity contribution in [3.8, 4) is 57.5 Å². The van der Waals surface area contributed by atoms with Gasteiger partial charge >= 0.3 is 35.8 Å². The van der Waals surface area contributed by atoms with Crippen LogP contribution in [-0.2, 0) is 14.4 Å². The highest BCUT2D eigenvalue weighted by atomic mass is 16.6. The van der Waals surface area contributed by atoms with Gasteiger partial charge in [-0.05, 0) is 222 Å². The third-order valence-corrected chi connectivity index (χ3v) is 18.6. The van der Waals surface area contributed by atoms with E-state index in [2.05, 4.69) is 24.3 Å². The lowest BCUT2D eigenvalue weighted by Crippen LogP contribution is -2.20. The first kappa shape index (κ1) is 73.6. The molecule has 0 saturated carbocycles. The van der Waals surface area contributed by atoms with Crippen LogP contribution >= 0.6 is 0 Å². The van der Waals surface area contributed by atoms with Gasteiger partial charge in [-0.15, -0.1) is 0 Å². The number of carbonyl (C=O) groups excluding carboxylic acids is 6. The molecule has 2 unspecified atom stereocenters. The number of benzene rings is 11. The summed E-state index contributed by atoms with van der Waals surface area (Å²) < 4.78 is 47.0. The zero-order chi connectivity index (χ0) is 73.9. The summed E-state index contributed by atoms with van der Waals surface area (Å²) in [4.78, 5) is 72.3. The fraction of sp³-hybridized carbons (Fsp3) is 0.191. The second kappa shape index (κ2) is 32.4. The molecule has 0 N–H and O–H groups in total. The minimum atomic E-state index is -0.408. The van der Waals surface area contributed by atoms with Crippen molar-refractivity contribution in [3.05, 3.63) is 329 Å². The van der Waals surface area contributed by atoms with Crippen LogP contribution in [0.15, 0.2) is 212 Å². The van der Waals surface area contributed by atoms with Crippen molar-refractivity contribution in [1.29, 1.82) is 0 Å². The summed E-state index contributed by atoms with van der Waals surface area (Å²) in [5.41, 5.74) is 17.9. The Kier molecular flexibility index (Phi) is 23.2. The normalized spacial score (nSPS) is 12.6. The predicted octanol–water partition coefficient (Wildman–Crippen LogP) is 20.5. The van der Waals surface area contributed by atoms with Gasteiger partial charge in [0.2, 0.25) is 0 Å². The molecule has 522 valence electrons. The lowest BCUT2D eigenvalue weighted by Gasteiger charge is -2.35. The largest absolute Gasteiger partial charge is 0.456 e. The van der Waals surface area contributed by atoms with Crippen LogP contribution in [0.3, 0.4) is 0 Å². The first-order chi connectivity index (χ1) is 49.4. The van der Waals surface area contributed by atoms with E-state index < -0.39 is 11.9 Å². The molecule has 0 aromatic heterocycles. The van der Waals surface area contributed by atoms with Gasteiger partial charge in [-0.3, -0.25) is 14.4 Å². The van der Waals surface area contributed by atoms with Crippen molar-refractivity contribution >= 4 is 35.8 Å². The predicted molar refractivity (Wildman–Crippen MR) is 399 cm³/mol. The smallest absolute Gasteiger partial charge is 0.343 e. The van der Waals surface area contributed by atoms with Gasteiger partial charge in [0, 0.05) is 54.9 Å². The molecule has 14 heteroatoms. The number of ether oxygens (including phenoxy) is 8. The van der Waals surface area contributed by atoms with Crippen LogP contribution in [0.25, 0.3) is 0 Å².